The maximum absolute atomic E-state index is 5.39. The zero-order chi connectivity index (χ0) is 14.8. The van der Waals surface area contributed by atoms with Gasteiger partial charge in [-0.3, -0.25) is 0 Å². The molecule has 0 spiro atoms. The fraction of sp³-hybridized carbons (Fsp3) is 0.562. The molecule has 0 heterocycles. The lowest BCUT2D eigenvalue weighted by Crippen LogP contribution is -2.43. The molecule has 0 amide bonds. The lowest BCUT2D eigenvalue weighted by Gasteiger charge is -2.29. The molecule has 0 radical (unpaired) electrons. The smallest absolute Gasteiger partial charge is 0.171 e. The summed E-state index contributed by atoms with van der Waals surface area (Å²) in [6, 6.07) is 4.66. The van der Waals surface area contributed by atoms with E-state index in [1.165, 1.54) is 16.7 Å². The summed E-state index contributed by atoms with van der Waals surface area (Å²) in [6.45, 7) is 15.1. The highest BCUT2D eigenvalue weighted by Gasteiger charge is 2.20. The Hall–Kier alpha value is -1.09. The van der Waals surface area contributed by atoms with Gasteiger partial charge in [0.25, 0.3) is 0 Å². The molecule has 0 fully saturated rings. The number of hydrogen-bond donors (Lipinski definition) is 2. The molecule has 2 N–H and O–H groups in total. The molecule has 1 unspecified atom stereocenters. The van der Waals surface area contributed by atoms with Gasteiger partial charge in [0.15, 0.2) is 5.11 Å². The Kier molecular flexibility index (Phi) is 4.97. The molecule has 0 saturated carbocycles. The van der Waals surface area contributed by atoms with Crippen molar-refractivity contribution in [3.05, 3.63) is 28.8 Å². The summed E-state index contributed by atoms with van der Waals surface area (Å²) in [5, 5.41) is 7.34. The summed E-state index contributed by atoms with van der Waals surface area (Å²) in [5.41, 5.74) is 5.08. The summed E-state index contributed by atoms with van der Waals surface area (Å²) in [7, 11) is 0. The number of aryl methyl sites for hydroxylation is 3. The van der Waals surface area contributed by atoms with Crippen molar-refractivity contribution in [3.8, 4) is 0 Å². The standard InChI is InChI=1S/C16H26N2S/c1-10-8-12(3)14(9-11(10)2)18-15(19)17-13(4)16(5,6)7/h8-9,13H,1-7H3,(H2,17,18,19). The molecule has 2 nitrogen and oxygen atoms in total. The first-order chi connectivity index (χ1) is 8.61. The van der Waals surface area contributed by atoms with Crippen molar-refractivity contribution in [2.24, 2.45) is 5.41 Å². The van der Waals surface area contributed by atoms with Gasteiger partial charge in [0, 0.05) is 11.7 Å². The van der Waals surface area contributed by atoms with E-state index in [2.05, 4.69) is 71.2 Å². The van der Waals surface area contributed by atoms with E-state index in [-0.39, 0.29) is 5.41 Å². The second-order valence-electron chi connectivity index (χ2n) is 6.44. The van der Waals surface area contributed by atoms with Crippen molar-refractivity contribution >= 4 is 23.0 Å². The Balaban J connectivity index is 2.76. The molecule has 0 aliphatic rings. The number of nitrogens with one attached hydrogen (secondary N) is 2. The Bertz CT molecular complexity index is 472. The van der Waals surface area contributed by atoms with E-state index in [1.54, 1.807) is 0 Å². The van der Waals surface area contributed by atoms with Crippen molar-refractivity contribution in [2.75, 3.05) is 5.32 Å². The summed E-state index contributed by atoms with van der Waals surface area (Å²) < 4.78 is 0. The van der Waals surface area contributed by atoms with Gasteiger partial charge in [-0.15, -0.1) is 0 Å². The van der Waals surface area contributed by atoms with Crippen LogP contribution < -0.4 is 10.6 Å². The van der Waals surface area contributed by atoms with Crippen molar-refractivity contribution in [1.29, 1.82) is 0 Å². The summed E-state index contributed by atoms with van der Waals surface area (Å²) >= 11 is 5.39. The van der Waals surface area contributed by atoms with Crippen molar-refractivity contribution < 1.29 is 0 Å². The number of hydrogen-bond acceptors (Lipinski definition) is 1. The van der Waals surface area contributed by atoms with Crippen molar-refractivity contribution in [3.63, 3.8) is 0 Å². The molecule has 19 heavy (non-hydrogen) atoms. The molecule has 1 aromatic carbocycles. The van der Waals surface area contributed by atoms with Crippen LogP contribution in [-0.4, -0.2) is 11.2 Å². The van der Waals surface area contributed by atoms with Gasteiger partial charge in [-0.05, 0) is 68.1 Å². The zero-order valence-electron chi connectivity index (χ0n) is 13.1. The van der Waals surface area contributed by atoms with E-state index in [4.69, 9.17) is 12.2 Å². The molecule has 0 aromatic heterocycles. The fourth-order valence-corrected chi connectivity index (χ4v) is 1.95. The van der Waals surface area contributed by atoms with E-state index in [0.29, 0.717) is 11.2 Å². The second-order valence-corrected chi connectivity index (χ2v) is 6.85. The predicted molar refractivity (Wildman–Crippen MR) is 88.9 cm³/mol. The third kappa shape index (κ3) is 4.50. The molecule has 1 rings (SSSR count). The molecular weight excluding hydrogens is 252 g/mol. The minimum atomic E-state index is 0.185. The van der Waals surface area contributed by atoms with Gasteiger partial charge in [0.1, 0.15) is 0 Å². The third-order valence-corrected chi connectivity index (χ3v) is 3.96. The Morgan fingerprint density at radius 1 is 1.05 bits per heavy atom. The van der Waals surface area contributed by atoms with Crippen LogP contribution in [0.5, 0.6) is 0 Å². The van der Waals surface area contributed by atoms with Crippen LogP contribution in [0.3, 0.4) is 0 Å². The van der Waals surface area contributed by atoms with Gasteiger partial charge < -0.3 is 10.6 Å². The average Bonchev–Trinajstić information content (AvgIpc) is 2.24. The van der Waals surface area contributed by atoms with E-state index in [0.717, 1.165) is 5.69 Å². The largest absolute Gasteiger partial charge is 0.359 e. The molecule has 3 heteroatoms. The molecule has 0 bridgehead atoms. The van der Waals surface area contributed by atoms with Crippen LogP contribution in [0, 0.1) is 26.2 Å². The molecule has 0 saturated heterocycles. The van der Waals surface area contributed by atoms with Crippen LogP contribution >= 0.6 is 12.2 Å². The van der Waals surface area contributed by atoms with Gasteiger partial charge in [-0.1, -0.05) is 26.8 Å². The number of thiocarbonyl (C=S) groups is 1. The first kappa shape index (κ1) is 16.0. The second kappa shape index (κ2) is 5.91. The van der Waals surface area contributed by atoms with Crippen LogP contribution in [-0.2, 0) is 0 Å². The Morgan fingerprint density at radius 3 is 2.11 bits per heavy atom. The van der Waals surface area contributed by atoms with Crippen LogP contribution in [0.1, 0.15) is 44.4 Å². The molecule has 0 aliphatic carbocycles. The molecule has 106 valence electrons. The van der Waals surface area contributed by atoms with Gasteiger partial charge in [0.05, 0.1) is 0 Å². The molecule has 1 atom stereocenters. The van der Waals surface area contributed by atoms with Crippen LogP contribution in [0.25, 0.3) is 0 Å². The third-order valence-electron chi connectivity index (χ3n) is 3.74. The first-order valence-electron chi connectivity index (χ1n) is 6.76. The maximum atomic E-state index is 5.39. The summed E-state index contributed by atoms with van der Waals surface area (Å²) in [5.74, 6) is 0. The summed E-state index contributed by atoms with van der Waals surface area (Å²) in [4.78, 5) is 0. The highest BCUT2D eigenvalue weighted by Crippen LogP contribution is 2.21. The molecule has 0 aliphatic heterocycles. The van der Waals surface area contributed by atoms with E-state index >= 15 is 0 Å². The predicted octanol–water partition coefficient (Wildman–Crippen LogP) is 4.33. The quantitative estimate of drug-likeness (QED) is 0.787. The fourth-order valence-electron chi connectivity index (χ4n) is 1.67. The van der Waals surface area contributed by atoms with Gasteiger partial charge in [-0.2, -0.15) is 0 Å². The van der Waals surface area contributed by atoms with Gasteiger partial charge in [0.2, 0.25) is 0 Å². The topological polar surface area (TPSA) is 24.1 Å². The number of benzene rings is 1. The Morgan fingerprint density at radius 2 is 1.58 bits per heavy atom. The normalized spacial score (nSPS) is 13.0. The van der Waals surface area contributed by atoms with Gasteiger partial charge >= 0.3 is 0 Å². The van der Waals surface area contributed by atoms with Crippen molar-refractivity contribution in [2.45, 2.75) is 54.5 Å². The summed E-state index contributed by atoms with van der Waals surface area (Å²) in [6.07, 6.45) is 0. The van der Waals surface area contributed by atoms with E-state index in [1.807, 2.05) is 0 Å². The lowest BCUT2D eigenvalue weighted by atomic mass is 9.88. The van der Waals surface area contributed by atoms with Crippen LogP contribution in [0.15, 0.2) is 12.1 Å². The number of rotatable bonds is 2. The monoisotopic (exact) mass is 278 g/mol. The first-order valence-corrected chi connectivity index (χ1v) is 7.17. The highest BCUT2D eigenvalue weighted by molar-refractivity contribution is 7.80. The van der Waals surface area contributed by atoms with Crippen LogP contribution in [0.4, 0.5) is 5.69 Å². The minimum absolute atomic E-state index is 0.185. The van der Waals surface area contributed by atoms with E-state index < -0.39 is 0 Å². The average molecular weight is 278 g/mol. The number of anilines is 1. The SMILES string of the molecule is Cc1cc(C)c(NC(=S)NC(C)C(C)(C)C)cc1C. The van der Waals surface area contributed by atoms with Crippen molar-refractivity contribution in [1.82, 2.24) is 5.32 Å². The minimum Gasteiger partial charge on any atom is -0.359 e. The molecule has 1 aromatic rings. The highest BCUT2D eigenvalue weighted by atomic mass is 32.1. The Labute approximate surface area is 123 Å². The lowest BCUT2D eigenvalue weighted by molar-refractivity contribution is 0.317. The maximum Gasteiger partial charge on any atom is 0.171 e. The van der Waals surface area contributed by atoms with E-state index in [9.17, 15) is 0 Å². The molecular formula is C16H26N2S. The zero-order valence-corrected chi connectivity index (χ0v) is 14.0. The van der Waals surface area contributed by atoms with Gasteiger partial charge in [-0.25, -0.2) is 0 Å². The van der Waals surface area contributed by atoms with Crippen LogP contribution in [0.2, 0.25) is 0 Å².